The second kappa shape index (κ2) is 21.0. The lowest BCUT2D eigenvalue weighted by atomic mass is 10.0. The molecule has 6 heteroatoms. The van der Waals surface area contributed by atoms with Crippen LogP contribution in [0.15, 0.2) is 48.5 Å². The van der Waals surface area contributed by atoms with Crippen molar-refractivity contribution in [3.05, 3.63) is 70.8 Å². The Morgan fingerprint density at radius 2 is 0.792 bits per heavy atom. The second-order valence-corrected chi connectivity index (χ2v) is 12.3. The number of rotatable bonds is 22. The Hall–Kier alpha value is -4.06. The van der Waals surface area contributed by atoms with Gasteiger partial charge in [0.15, 0.2) is 23.0 Å². The first-order chi connectivity index (χ1) is 23.4. The Bertz CT molecular complexity index is 1270. The summed E-state index contributed by atoms with van der Waals surface area (Å²) in [5.74, 6) is 5.04. The van der Waals surface area contributed by atoms with Gasteiger partial charge in [-0.05, 0) is 71.2 Å². The Kier molecular flexibility index (Phi) is 16.8. The van der Waals surface area contributed by atoms with E-state index in [9.17, 15) is 0 Å². The summed E-state index contributed by atoms with van der Waals surface area (Å²) in [6, 6.07) is 16.4. The lowest BCUT2D eigenvalue weighted by Crippen LogP contribution is -2.12. The fourth-order valence-electron chi connectivity index (χ4n) is 5.58. The minimum Gasteiger partial charge on any atom is -0.493 e. The maximum Gasteiger partial charge on any atom is 0.203 e. The van der Waals surface area contributed by atoms with Crippen molar-refractivity contribution < 1.29 is 28.4 Å². The Balaban J connectivity index is 1.71. The van der Waals surface area contributed by atoms with Gasteiger partial charge in [-0.15, -0.1) is 0 Å². The molecule has 0 heterocycles. The summed E-state index contributed by atoms with van der Waals surface area (Å²) in [7, 11) is 6.67. The van der Waals surface area contributed by atoms with Gasteiger partial charge in [0.05, 0.1) is 41.7 Å². The van der Waals surface area contributed by atoms with Crippen LogP contribution in [-0.2, 0) is 0 Å². The van der Waals surface area contributed by atoms with Gasteiger partial charge in [0, 0.05) is 0 Å². The van der Waals surface area contributed by atoms with Gasteiger partial charge in [0.2, 0.25) is 11.5 Å². The molecule has 0 radical (unpaired) electrons. The standard InChI is InChI=1S/C42H58O6/c1-9-13-15-31(11-3)29-47-41-37(43-5)25-35(26-38(41)44-6)23-21-33-17-19-34(20-18-33)22-24-36-27-39(45-7)42(40(28-36)46-8)48-30-32(12-4)16-14-10-2/h17-28,31-32H,9-16,29-30H2,1-8H3/b23-21+,24-22+. The van der Waals surface area contributed by atoms with Gasteiger partial charge in [-0.3, -0.25) is 0 Å². The highest BCUT2D eigenvalue weighted by atomic mass is 16.5. The third kappa shape index (κ3) is 11.6. The van der Waals surface area contributed by atoms with E-state index in [0.29, 0.717) is 59.5 Å². The summed E-state index contributed by atoms with van der Waals surface area (Å²) in [6.07, 6.45) is 17.6. The number of unbranched alkanes of at least 4 members (excludes halogenated alkanes) is 2. The van der Waals surface area contributed by atoms with Crippen LogP contribution in [0.25, 0.3) is 24.3 Å². The molecule has 0 fully saturated rings. The van der Waals surface area contributed by atoms with E-state index in [1.165, 1.54) is 25.7 Å². The van der Waals surface area contributed by atoms with E-state index in [1.54, 1.807) is 28.4 Å². The summed E-state index contributed by atoms with van der Waals surface area (Å²) in [4.78, 5) is 0. The molecule has 0 saturated heterocycles. The van der Waals surface area contributed by atoms with Gasteiger partial charge in [-0.1, -0.05) is 115 Å². The van der Waals surface area contributed by atoms with Gasteiger partial charge in [-0.25, -0.2) is 0 Å². The molecule has 0 aliphatic heterocycles. The third-order valence-electron chi connectivity index (χ3n) is 8.85. The fourth-order valence-corrected chi connectivity index (χ4v) is 5.58. The average molecular weight is 659 g/mol. The van der Waals surface area contributed by atoms with Crippen molar-refractivity contribution in [3.8, 4) is 34.5 Å². The van der Waals surface area contributed by atoms with Crippen LogP contribution in [0.3, 0.4) is 0 Å². The van der Waals surface area contributed by atoms with Crippen molar-refractivity contribution in [1.82, 2.24) is 0 Å². The molecule has 262 valence electrons. The van der Waals surface area contributed by atoms with E-state index in [-0.39, 0.29) is 0 Å². The molecule has 0 saturated carbocycles. The van der Waals surface area contributed by atoms with Gasteiger partial charge in [0.1, 0.15) is 0 Å². The second-order valence-electron chi connectivity index (χ2n) is 12.3. The van der Waals surface area contributed by atoms with Crippen LogP contribution < -0.4 is 28.4 Å². The number of methoxy groups -OCH3 is 4. The van der Waals surface area contributed by atoms with Crippen molar-refractivity contribution in [3.63, 3.8) is 0 Å². The summed E-state index contributed by atoms with van der Waals surface area (Å²) >= 11 is 0. The van der Waals surface area contributed by atoms with E-state index in [2.05, 4.69) is 76.3 Å². The van der Waals surface area contributed by atoms with Gasteiger partial charge < -0.3 is 28.4 Å². The Labute approximate surface area is 290 Å². The summed E-state index contributed by atoms with van der Waals surface area (Å²) in [5.41, 5.74) is 4.11. The van der Waals surface area contributed by atoms with Crippen molar-refractivity contribution in [2.45, 2.75) is 79.1 Å². The molecular weight excluding hydrogens is 600 g/mol. The van der Waals surface area contributed by atoms with Crippen molar-refractivity contribution in [1.29, 1.82) is 0 Å². The first kappa shape index (κ1) is 38.4. The predicted molar refractivity (Wildman–Crippen MR) is 201 cm³/mol. The molecule has 3 aromatic carbocycles. The normalized spacial score (nSPS) is 12.7. The minimum absolute atomic E-state index is 0.515. The average Bonchev–Trinajstić information content (AvgIpc) is 3.13. The minimum atomic E-state index is 0.515. The van der Waals surface area contributed by atoms with Crippen molar-refractivity contribution >= 4 is 24.3 Å². The van der Waals surface area contributed by atoms with Crippen LogP contribution in [0.4, 0.5) is 0 Å². The number of hydrogen-bond acceptors (Lipinski definition) is 6. The zero-order chi connectivity index (χ0) is 34.7. The van der Waals surface area contributed by atoms with E-state index < -0.39 is 0 Å². The first-order valence-electron chi connectivity index (χ1n) is 17.7. The Morgan fingerprint density at radius 1 is 0.479 bits per heavy atom. The highest BCUT2D eigenvalue weighted by molar-refractivity contribution is 5.75. The SMILES string of the molecule is CCCCC(CC)COc1c(OC)cc(/C=C/c2ccc(/C=C/c3cc(OC)c(OCC(CC)CCCC)c(OC)c3)cc2)cc1OC. The quantitative estimate of drug-likeness (QED) is 0.100. The molecule has 0 aliphatic carbocycles. The van der Waals surface area contributed by atoms with Crippen molar-refractivity contribution in [2.75, 3.05) is 41.7 Å². The predicted octanol–water partition coefficient (Wildman–Crippen LogP) is 11.3. The summed E-state index contributed by atoms with van der Waals surface area (Å²) in [6.45, 7) is 10.2. The van der Waals surface area contributed by atoms with E-state index >= 15 is 0 Å². The van der Waals surface area contributed by atoms with Gasteiger partial charge in [0.25, 0.3) is 0 Å². The third-order valence-corrected chi connectivity index (χ3v) is 8.85. The van der Waals surface area contributed by atoms with Crippen LogP contribution in [0.2, 0.25) is 0 Å². The van der Waals surface area contributed by atoms with Crippen LogP contribution in [-0.4, -0.2) is 41.7 Å². The maximum absolute atomic E-state index is 6.25. The fraction of sp³-hybridized carbons (Fsp3) is 0.476. The van der Waals surface area contributed by atoms with Crippen LogP contribution in [0, 0.1) is 11.8 Å². The topological polar surface area (TPSA) is 55.4 Å². The number of hydrogen-bond donors (Lipinski definition) is 0. The molecule has 0 aromatic heterocycles. The van der Waals surface area contributed by atoms with Crippen LogP contribution in [0.1, 0.15) is 101 Å². The molecule has 0 bridgehead atoms. The zero-order valence-electron chi connectivity index (χ0n) is 30.6. The largest absolute Gasteiger partial charge is 0.493 e. The number of benzene rings is 3. The molecule has 3 aromatic rings. The van der Waals surface area contributed by atoms with E-state index in [4.69, 9.17) is 28.4 Å². The van der Waals surface area contributed by atoms with Crippen LogP contribution >= 0.6 is 0 Å². The van der Waals surface area contributed by atoms with E-state index in [0.717, 1.165) is 47.9 Å². The molecule has 0 aliphatic rings. The summed E-state index contributed by atoms with van der Waals surface area (Å²) in [5, 5.41) is 0. The van der Waals surface area contributed by atoms with Crippen LogP contribution in [0.5, 0.6) is 34.5 Å². The molecule has 0 spiro atoms. The molecule has 48 heavy (non-hydrogen) atoms. The molecule has 2 atom stereocenters. The molecule has 6 nitrogen and oxygen atoms in total. The van der Waals surface area contributed by atoms with Gasteiger partial charge in [-0.2, -0.15) is 0 Å². The highest BCUT2D eigenvalue weighted by Crippen LogP contribution is 2.41. The summed E-state index contributed by atoms with van der Waals surface area (Å²) < 4.78 is 35.4. The number of ether oxygens (including phenoxy) is 6. The first-order valence-corrected chi connectivity index (χ1v) is 17.7. The smallest absolute Gasteiger partial charge is 0.203 e. The molecule has 0 amide bonds. The Morgan fingerprint density at radius 3 is 1.06 bits per heavy atom. The molecule has 3 rings (SSSR count). The maximum atomic E-state index is 6.25. The van der Waals surface area contributed by atoms with E-state index in [1.807, 2.05) is 24.3 Å². The molecule has 0 N–H and O–H groups in total. The lowest BCUT2D eigenvalue weighted by molar-refractivity contribution is 0.215. The molecular formula is C42H58O6. The highest BCUT2D eigenvalue weighted by Gasteiger charge is 2.17. The van der Waals surface area contributed by atoms with Gasteiger partial charge >= 0.3 is 0 Å². The zero-order valence-corrected chi connectivity index (χ0v) is 30.6. The molecule has 2 unspecified atom stereocenters. The lowest BCUT2D eigenvalue weighted by Gasteiger charge is -2.19. The monoisotopic (exact) mass is 658 g/mol. The van der Waals surface area contributed by atoms with Crippen molar-refractivity contribution in [2.24, 2.45) is 11.8 Å².